The molecule has 0 saturated heterocycles. The molecule has 5 heteroatoms. The van der Waals surface area contributed by atoms with Crippen LogP contribution in [-0.4, -0.2) is 47.7 Å². The summed E-state index contributed by atoms with van der Waals surface area (Å²) in [5.74, 6) is 1.26. The molecule has 0 radical (unpaired) electrons. The standard InChI is InChI=1S/C14H26N4O/c1-7-8-19-12-9-11(2)16-13(17-12)15-10-14(3,4)18(5)6/h9H,7-8,10H2,1-6H3,(H,15,16,17). The maximum absolute atomic E-state index is 5.55. The van der Waals surface area contributed by atoms with E-state index < -0.39 is 0 Å². The molecule has 1 heterocycles. The molecular weight excluding hydrogens is 240 g/mol. The van der Waals surface area contributed by atoms with Crippen LogP contribution < -0.4 is 10.1 Å². The van der Waals surface area contributed by atoms with Crippen LogP contribution in [0.4, 0.5) is 5.95 Å². The second-order valence-electron chi connectivity index (χ2n) is 5.58. The maximum atomic E-state index is 5.55. The van der Waals surface area contributed by atoms with Crippen LogP contribution in [0.2, 0.25) is 0 Å². The van der Waals surface area contributed by atoms with Gasteiger partial charge in [-0.05, 0) is 41.3 Å². The summed E-state index contributed by atoms with van der Waals surface area (Å²) in [7, 11) is 4.13. The van der Waals surface area contributed by atoms with E-state index in [0.29, 0.717) is 18.4 Å². The average molecular weight is 266 g/mol. The Kier molecular flexibility index (Phi) is 5.54. The molecule has 0 fully saturated rings. The van der Waals surface area contributed by atoms with Gasteiger partial charge in [0.05, 0.1) is 6.61 Å². The number of aryl methyl sites for hydroxylation is 1. The van der Waals surface area contributed by atoms with E-state index in [9.17, 15) is 0 Å². The van der Waals surface area contributed by atoms with Crippen LogP contribution in [0.1, 0.15) is 32.9 Å². The Morgan fingerprint density at radius 1 is 1.32 bits per heavy atom. The molecule has 0 aliphatic rings. The van der Waals surface area contributed by atoms with Crippen LogP contribution >= 0.6 is 0 Å². The van der Waals surface area contributed by atoms with Crippen LogP contribution in [0.25, 0.3) is 0 Å². The number of likely N-dealkylation sites (N-methyl/N-ethyl adjacent to an activating group) is 1. The van der Waals surface area contributed by atoms with Gasteiger partial charge in [0.1, 0.15) is 0 Å². The van der Waals surface area contributed by atoms with Gasteiger partial charge in [0.15, 0.2) is 0 Å². The fourth-order valence-corrected chi connectivity index (χ4v) is 1.35. The van der Waals surface area contributed by atoms with Crippen LogP contribution in [0.3, 0.4) is 0 Å². The van der Waals surface area contributed by atoms with Crippen molar-refractivity contribution < 1.29 is 4.74 Å². The summed E-state index contributed by atoms with van der Waals surface area (Å²) in [5, 5.41) is 3.28. The summed E-state index contributed by atoms with van der Waals surface area (Å²) in [6.07, 6.45) is 0.972. The Hall–Kier alpha value is -1.36. The lowest BCUT2D eigenvalue weighted by molar-refractivity contribution is 0.209. The molecule has 1 aromatic rings. The van der Waals surface area contributed by atoms with E-state index in [1.54, 1.807) is 0 Å². The van der Waals surface area contributed by atoms with Gasteiger partial charge in [-0.1, -0.05) is 6.92 Å². The molecule has 0 atom stereocenters. The number of anilines is 1. The SMILES string of the molecule is CCCOc1cc(C)nc(NCC(C)(C)N(C)C)n1. The zero-order chi connectivity index (χ0) is 14.5. The molecule has 1 N–H and O–H groups in total. The highest BCUT2D eigenvalue weighted by Crippen LogP contribution is 2.15. The fourth-order valence-electron chi connectivity index (χ4n) is 1.35. The van der Waals surface area contributed by atoms with Gasteiger partial charge in [0.25, 0.3) is 0 Å². The van der Waals surface area contributed by atoms with Crippen molar-refractivity contribution in [2.24, 2.45) is 0 Å². The number of nitrogens with zero attached hydrogens (tertiary/aromatic N) is 3. The largest absolute Gasteiger partial charge is 0.478 e. The Labute approximate surface area is 116 Å². The van der Waals surface area contributed by atoms with Gasteiger partial charge in [-0.2, -0.15) is 4.98 Å². The summed E-state index contributed by atoms with van der Waals surface area (Å²) >= 11 is 0. The molecule has 0 saturated carbocycles. The fraction of sp³-hybridized carbons (Fsp3) is 0.714. The van der Waals surface area contributed by atoms with Gasteiger partial charge >= 0.3 is 0 Å². The van der Waals surface area contributed by atoms with Gasteiger partial charge in [-0.25, -0.2) is 4.98 Å². The minimum atomic E-state index is 0.0392. The van der Waals surface area contributed by atoms with Crippen molar-refractivity contribution in [2.45, 2.75) is 39.7 Å². The Bertz CT molecular complexity index is 404. The summed E-state index contributed by atoms with van der Waals surface area (Å²) in [5.41, 5.74) is 0.948. The van der Waals surface area contributed by atoms with Gasteiger partial charge in [0.2, 0.25) is 11.8 Å². The summed E-state index contributed by atoms with van der Waals surface area (Å²) in [6, 6.07) is 1.86. The third-order valence-electron chi connectivity index (χ3n) is 3.17. The van der Waals surface area contributed by atoms with Crippen molar-refractivity contribution in [3.8, 4) is 5.88 Å². The molecular formula is C14H26N4O. The quantitative estimate of drug-likeness (QED) is 0.821. The lowest BCUT2D eigenvalue weighted by Gasteiger charge is -2.32. The third kappa shape index (κ3) is 5.03. The summed E-state index contributed by atoms with van der Waals surface area (Å²) in [4.78, 5) is 10.9. The Balaban J connectivity index is 2.70. The van der Waals surface area contributed by atoms with E-state index in [2.05, 4.69) is 55.1 Å². The van der Waals surface area contributed by atoms with Crippen molar-refractivity contribution in [3.63, 3.8) is 0 Å². The summed E-state index contributed by atoms with van der Waals surface area (Å²) < 4.78 is 5.55. The molecule has 0 unspecified atom stereocenters. The third-order valence-corrected chi connectivity index (χ3v) is 3.17. The number of hydrogen-bond acceptors (Lipinski definition) is 5. The lowest BCUT2D eigenvalue weighted by atomic mass is 10.1. The van der Waals surface area contributed by atoms with Crippen molar-refractivity contribution >= 4 is 5.95 Å². The molecule has 0 aromatic carbocycles. The van der Waals surface area contributed by atoms with Crippen LogP contribution in [-0.2, 0) is 0 Å². The summed E-state index contributed by atoms with van der Waals surface area (Å²) in [6.45, 7) is 9.82. The van der Waals surface area contributed by atoms with Crippen LogP contribution in [0, 0.1) is 6.92 Å². The molecule has 19 heavy (non-hydrogen) atoms. The highest BCUT2D eigenvalue weighted by molar-refractivity contribution is 5.31. The second kappa shape index (κ2) is 6.70. The molecule has 1 aromatic heterocycles. The first-order chi connectivity index (χ1) is 8.85. The zero-order valence-corrected chi connectivity index (χ0v) is 12.9. The molecule has 0 spiro atoms. The predicted octanol–water partition coefficient (Wildman–Crippen LogP) is 2.33. The van der Waals surface area contributed by atoms with Crippen molar-refractivity contribution in [1.29, 1.82) is 0 Å². The van der Waals surface area contributed by atoms with Crippen molar-refractivity contribution in [2.75, 3.05) is 32.6 Å². The first-order valence-corrected chi connectivity index (χ1v) is 6.75. The highest BCUT2D eigenvalue weighted by atomic mass is 16.5. The predicted molar refractivity (Wildman–Crippen MR) is 78.8 cm³/mol. The van der Waals surface area contributed by atoms with E-state index in [0.717, 1.165) is 18.7 Å². The number of nitrogens with one attached hydrogen (secondary N) is 1. The normalized spacial score (nSPS) is 11.7. The van der Waals surface area contributed by atoms with Crippen LogP contribution in [0.15, 0.2) is 6.07 Å². The minimum Gasteiger partial charge on any atom is -0.478 e. The smallest absolute Gasteiger partial charge is 0.226 e. The molecule has 0 amide bonds. The lowest BCUT2D eigenvalue weighted by Crippen LogP contribution is -2.44. The van der Waals surface area contributed by atoms with E-state index in [4.69, 9.17) is 4.74 Å². The number of hydrogen-bond donors (Lipinski definition) is 1. The van der Waals surface area contributed by atoms with Gasteiger partial charge in [-0.3, -0.25) is 0 Å². The first-order valence-electron chi connectivity index (χ1n) is 6.75. The van der Waals surface area contributed by atoms with Gasteiger partial charge < -0.3 is 15.0 Å². The Morgan fingerprint density at radius 2 is 2.00 bits per heavy atom. The zero-order valence-electron chi connectivity index (χ0n) is 12.9. The van der Waals surface area contributed by atoms with E-state index in [1.165, 1.54) is 0 Å². The van der Waals surface area contributed by atoms with E-state index in [1.807, 2.05) is 13.0 Å². The monoisotopic (exact) mass is 266 g/mol. The molecule has 0 aliphatic heterocycles. The van der Waals surface area contributed by atoms with Gasteiger partial charge in [-0.15, -0.1) is 0 Å². The topological polar surface area (TPSA) is 50.3 Å². The van der Waals surface area contributed by atoms with E-state index in [-0.39, 0.29) is 5.54 Å². The maximum Gasteiger partial charge on any atom is 0.226 e. The molecule has 1 rings (SSSR count). The van der Waals surface area contributed by atoms with Crippen LogP contribution in [0.5, 0.6) is 5.88 Å². The first kappa shape index (κ1) is 15.7. The van der Waals surface area contributed by atoms with Crippen molar-refractivity contribution in [1.82, 2.24) is 14.9 Å². The highest BCUT2D eigenvalue weighted by Gasteiger charge is 2.20. The molecule has 108 valence electrons. The molecule has 5 nitrogen and oxygen atoms in total. The number of ether oxygens (including phenoxy) is 1. The molecule has 0 bridgehead atoms. The van der Waals surface area contributed by atoms with Crippen molar-refractivity contribution in [3.05, 3.63) is 11.8 Å². The number of aromatic nitrogens is 2. The number of rotatable bonds is 7. The van der Waals surface area contributed by atoms with E-state index >= 15 is 0 Å². The second-order valence-corrected chi connectivity index (χ2v) is 5.58. The molecule has 0 aliphatic carbocycles. The Morgan fingerprint density at radius 3 is 2.58 bits per heavy atom. The minimum absolute atomic E-state index is 0.0392. The average Bonchev–Trinajstić information content (AvgIpc) is 2.33. The van der Waals surface area contributed by atoms with Gasteiger partial charge in [0, 0.05) is 23.8 Å².